The molecule has 0 saturated heterocycles. The normalized spacial score (nSPS) is 25.3. The second-order valence-corrected chi connectivity index (χ2v) is 14.2. The topological polar surface area (TPSA) is 69.7 Å². The van der Waals surface area contributed by atoms with E-state index in [1.165, 1.54) is 16.7 Å². The molecule has 7 rings (SSSR count). The van der Waals surface area contributed by atoms with Crippen molar-refractivity contribution in [2.24, 2.45) is 17.3 Å². The van der Waals surface area contributed by atoms with E-state index in [0.717, 1.165) is 37.7 Å². The van der Waals surface area contributed by atoms with Gasteiger partial charge in [-0.3, -0.25) is 9.59 Å². The second-order valence-electron chi connectivity index (χ2n) is 12.4. The number of Topliss-reactive ketones (excluding diaryl/α,β-unsaturated/α-hetero) is 1. The molecule has 9 heteroatoms. The first-order valence-corrected chi connectivity index (χ1v) is 16.6. The summed E-state index contributed by atoms with van der Waals surface area (Å²) in [7, 11) is -3.79. The molecule has 0 radical (unpaired) electrons. The van der Waals surface area contributed by atoms with Gasteiger partial charge >= 0.3 is 7.60 Å². The van der Waals surface area contributed by atoms with Gasteiger partial charge in [0.2, 0.25) is 0 Å². The van der Waals surface area contributed by atoms with E-state index in [4.69, 9.17) is 9.05 Å². The van der Waals surface area contributed by atoms with Crippen LogP contribution in [0.1, 0.15) is 63.4 Å². The highest BCUT2D eigenvalue weighted by molar-refractivity contribution is 7.63. The summed E-state index contributed by atoms with van der Waals surface area (Å²) in [6, 6.07) is 26.0. The Morgan fingerprint density at radius 2 is 1.33 bits per heavy atom. The van der Waals surface area contributed by atoms with E-state index in [0.29, 0.717) is 47.3 Å². The highest BCUT2D eigenvalue weighted by atomic mass is 32.1. The molecule has 0 amide bonds. The minimum Gasteiger partial charge on any atom is -0.413 e. The van der Waals surface area contributed by atoms with Crippen LogP contribution >= 0.6 is 48.1 Å². The van der Waals surface area contributed by atoms with Gasteiger partial charge in [-0.05, 0) is 103 Å². The first kappa shape index (κ1) is 35.2. The number of hydrogen-bond acceptors (Lipinski definition) is 5. The van der Waals surface area contributed by atoms with Crippen molar-refractivity contribution in [2.75, 3.05) is 0 Å². The number of ketones is 2. The van der Waals surface area contributed by atoms with Gasteiger partial charge in [0.1, 0.15) is 17.3 Å². The van der Waals surface area contributed by atoms with Crippen LogP contribution in [0.4, 0.5) is 0 Å². The molecular formula is C36H41O5PS3. The molecule has 238 valence electrons. The van der Waals surface area contributed by atoms with Gasteiger partial charge in [-0.1, -0.05) is 61.0 Å². The van der Waals surface area contributed by atoms with Gasteiger partial charge < -0.3 is 9.05 Å². The van der Waals surface area contributed by atoms with Crippen molar-refractivity contribution in [3.63, 3.8) is 0 Å². The monoisotopic (exact) mass is 680 g/mol. The lowest BCUT2D eigenvalue weighted by Gasteiger charge is -2.50. The molecule has 0 aromatic heterocycles. The third-order valence-corrected chi connectivity index (χ3v) is 11.8. The average molecular weight is 681 g/mol. The Labute approximate surface area is 286 Å². The van der Waals surface area contributed by atoms with Crippen molar-refractivity contribution in [3.8, 4) is 11.5 Å². The first-order valence-electron chi connectivity index (χ1n) is 15.0. The van der Waals surface area contributed by atoms with Crippen molar-refractivity contribution in [1.82, 2.24) is 0 Å². The van der Waals surface area contributed by atoms with Crippen LogP contribution < -0.4 is 14.4 Å². The highest BCUT2D eigenvalue weighted by Gasteiger charge is 2.56. The van der Waals surface area contributed by atoms with Crippen LogP contribution in [0.2, 0.25) is 0 Å². The Bertz CT molecular complexity index is 1610. The van der Waals surface area contributed by atoms with Crippen molar-refractivity contribution in [1.29, 1.82) is 0 Å². The van der Waals surface area contributed by atoms with Gasteiger partial charge in [0.15, 0.2) is 5.78 Å². The zero-order valence-corrected chi connectivity index (χ0v) is 29.2. The predicted molar refractivity (Wildman–Crippen MR) is 194 cm³/mol. The van der Waals surface area contributed by atoms with E-state index >= 15 is 0 Å². The van der Waals surface area contributed by atoms with Gasteiger partial charge in [0.25, 0.3) is 0 Å². The molecule has 4 aliphatic rings. The van der Waals surface area contributed by atoms with Crippen LogP contribution in [0.25, 0.3) is 0 Å². The van der Waals surface area contributed by atoms with Crippen LogP contribution in [0.5, 0.6) is 11.5 Å². The summed E-state index contributed by atoms with van der Waals surface area (Å²) < 4.78 is 26.5. The van der Waals surface area contributed by atoms with Crippen LogP contribution in [0, 0.1) is 17.3 Å². The average Bonchev–Trinajstić information content (AvgIpc) is 3.31. The van der Waals surface area contributed by atoms with Crippen LogP contribution in [-0.2, 0) is 14.2 Å². The molecular weight excluding hydrogens is 640 g/mol. The maximum Gasteiger partial charge on any atom is 0.462 e. The van der Waals surface area contributed by atoms with Gasteiger partial charge in [0, 0.05) is 24.2 Å². The number of fused-ring (bicyclic) bond motifs is 4. The molecule has 0 unspecified atom stereocenters. The predicted octanol–water partition coefficient (Wildman–Crippen LogP) is 8.47. The van der Waals surface area contributed by atoms with Crippen molar-refractivity contribution >= 4 is 65.0 Å². The summed E-state index contributed by atoms with van der Waals surface area (Å²) in [6.45, 7) is 2.18. The van der Waals surface area contributed by atoms with E-state index in [1.807, 2.05) is 66.7 Å². The van der Waals surface area contributed by atoms with Gasteiger partial charge in [-0.15, -0.1) is 0 Å². The Kier molecular flexibility index (Phi) is 11.0. The molecule has 5 nitrogen and oxygen atoms in total. The van der Waals surface area contributed by atoms with Crippen LogP contribution in [-0.4, -0.2) is 11.6 Å². The van der Waals surface area contributed by atoms with Gasteiger partial charge in [-0.2, -0.15) is 40.5 Å². The lowest BCUT2D eigenvalue weighted by Crippen LogP contribution is -2.43. The summed E-state index contributed by atoms with van der Waals surface area (Å²) in [6.07, 6.45) is 7.50. The molecule has 3 aromatic rings. The second kappa shape index (κ2) is 14.0. The summed E-state index contributed by atoms with van der Waals surface area (Å²) in [5.74, 6) is 2.33. The SMILES string of the molecule is C[C@]12C[C@H](c3ccc(P(=O)(Oc4ccccc4)Oc4ccccc4)cc3)C3=C4CCC(=O)C=C4CC[C@H]3[C@@H]1CCC2=O.S.S.S. The molecule has 0 bridgehead atoms. The molecule has 0 N–H and O–H groups in total. The highest BCUT2D eigenvalue weighted by Crippen LogP contribution is 2.62. The number of carbonyl (C=O) groups is 2. The lowest BCUT2D eigenvalue weighted by atomic mass is 9.53. The van der Waals surface area contributed by atoms with E-state index < -0.39 is 7.60 Å². The number of hydrogen-bond donors (Lipinski definition) is 0. The van der Waals surface area contributed by atoms with E-state index in [9.17, 15) is 14.2 Å². The zero-order valence-electron chi connectivity index (χ0n) is 25.3. The number of allylic oxidation sites excluding steroid dienone is 4. The number of carbonyl (C=O) groups excluding carboxylic acids is 2. The third-order valence-electron chi connectivity index (χ3n) is 9.99. The summed E-state index contributed by atoms with van der Waals surface area (Å²) in [4.78, 5) is 25.6. The third kappa shape index (κ3) is 6.49. The molecule has 4 aliphatic carbocycles. The molecule has 2 saturated carbocycles. The zero-order chi connectivity index (χ0) is 28.9. The summed E-state index contributed by atoms with van der Waals surface area (Å²) >= 11 is 0. The van der Waals surface area contributed by atoms with Crippen LogP contribution in [0.3, 0.4) is 0 Å². The Balaban J connectivity index is 0.00000154. The number of benzene rings is 3. The fourth-order valence-electron chi connectivity index (χ4n) is 7.98. The standard InChI is InChI=1S/C36H35O5P.3H2S/c1-36-23-32(35-30-19-15-26(37)22-25(30)14-18-31(35)33(36)20-21-34(36)38)24-12-16-29(17-13-24)42(39,40-27-8-4-2-5-9-27)41-28-10-6-3-7-11-28;;;/h2-13,16-17,22,31-33H,14-15,18-21,23H2,1H3;3*1H2/t31-,32+,33-,36-;;;/m0.../s1. The smallest absolute Gasteiger partial charge is 0.413 e. The molecule has 45 heavy (non-hydrogen) atoms. The molecule has 0 spiro atoms. The summed E-state index contributed by atoms with van der Waals surface area (Å²) in [5.41, 5.74) is 4.76. The van der Waals surface area contributed by atoms with E-state index in [2.05, 4.69) is 6.92 Å². The maximum atomic E-state index is 14.4. The van der Waals surface area contributed by atoms with Gasteiger partial charge in [0.05, 0.1) is 5.30 Å². The Morgan fingerprint density at radius 3 is 1.93 bits per heavy atom. The largest absolute Gasteiger partial charge is 0.462 e. The molecule has 0 heterocycles. The number of rotatable bonds is 6. The maximum absolute atomic E-state index is 14.4. The fraction of sp³-hybridized carbons (Fsp3) is 0.333. The van der Waals surface area contributed by atoms with Crippen molar-refractivity contribution in [3.05, 3.63) is 113 Å². The summed E-state index contributed by atoms with van der Waals surface area (Å²) in [5, 5.41) is 0.470. The fourth-order valence-corrected chi connectivity index (χ4v) is 9.55. The van der Waals surface area contributed by atoms with E-state index in [-0.39, 0.29) is 57.6 Å². The molecule has 2 fully saturated rings. The lowest BCUT2D eigenvalue weighted by molar-refractivity contribution is -0.128. The van der Waals surface area contributed by atoms with Crippen molar-refractivity contribution < 1.29 is 23.2 Å². The van der Waals surface area contributed by atoms with Crippen molar-refractivity contribution in [2.45, 2.75) is 57.8 Å². The minimum absolute atomic E-state index is 0. The van der Waals surface area contributed by atoms with Crippen LogP contribution in [0.15, 0.2) is 108 Å². The first-order chi connectivity index (χ1) is 20.3. The molecule has 3 aromatic carbocycles. The Hall–Kier alpha value is -2.64. The minimum atomic E-state index is -3.79. The quantitative estimate of drug-likeness (QED) is 0.245. The molecule has 0 aliphatic heterocycles. The van der Waals surface area contributed by atoms with E-state index in [1.54, 1.807) is 24.3 Å². The van der Waals surface area contributed by atoms with Gasteiger partial charge in [-0.25, -0.2) is 4.57 Å². The number of para-hydroxylation sites is 2. The molecule has 4 atom stereocenters. The Morgan fingerprint density at radius 1 is 0.733 bits per heavy atom.